The smallest absolute Gasteiger partial charge is 0.0795 e. The Morgan fingerprint density at radius 1 is 1.27 bits per heavy atom. The fourth-order valence-corrected chi connectivity index (χ4v) is 2.71. The molecule has 0 aliphatic heterocycles. The fraction of sp³-hybridized carbons (Fsp3) is 0.333. The largest absolute Gasteiger partial charge is 0.0843 e. The average Bonchev–Trinajstić information content (AvgIpc) is 1.94. The van der Waals surface area contributed by atoms with E-state index in [1.807, 2.05) is 6.07 Å². The third-order valence-electron chi connectivity index (χ3n) is 1.74. The van der Waals surface area contributed by atoms with Crippen molar-refractivity contribution < 1.29 is 0 Å². The summed E-state index contributed by atoms with van der Waals surface area (Å²) in [4.78, 5) is 0. The highest BCUT2D eigenvalue weighted by molar-refractivity contribution is 6.71. The summed E-state index contributed by atoms with van der Waals surface area (Å²) in [6, 6.07) is 6.13. The van der Waals surface area contributed by atoms with Crippen LogP contribution in [0, 0.1) is 6.92 Å². The molecular weight excluding hydrogens is 172 g/mol. The number of hydrogen-bond donors (Lipinski definition) is 0. The number of benzene rings is 1. The van der Waals surface area contributed by atoms with Crippen LogP contribution in [-0.2, 0) is 0 Å². The average molecular weight is 184 g/mol. The van der Waals surface area contributed by atoms with Crippen molar-refractivity contribution in [3.05, 3.63) is 28.8 Å². The molecule has 0 saturated carbocycles. The third kappa shape index (κ3) is 2.08. The summed E-state index contributed by atoms with van der Waals surface area (Å²) in [5.41, 5.74) is 1.37. The minimum atomic E-state index is -0.349. The summed E-state index contributed by atoms with van der Waals surface area (Å²) in [7, 11) is -0.349. The molecule has 0 aromatic heterocycles. The number of rotatable bonds is 1. The first-order valence-corrected chi connectivity index (χ1v) is 6.55. The van der Waals surface area contributed by atoms with Crippen LogP contribution in [0.5, 0.6) is 0 Å². The van der Waals surface area contributed by atoms with Gasteiger partial charge in [-0.15, -0.1) is 0 Å². The Labute approximate surface area is 74.8 Å². The van der Waals surface area contributed by atoms with Gasteiger partial charge in [-0.05, 0) is 19.1 Å². The lowest BCUT2D eigenvalue weighted by Gasteiger charge is -2.07. The Morgan fingerprint density at radius 3 is 2.36 bits per heavy atom. The van der Waals surface area contributed by atoms with Gasteiger partial charge in [0.2, 0.25) is 0 Å². The van der Waals surface area contributed by atoms with Gasteiger partial charge in [-0.25, -0.2) is 0 Å². The highest BCUT2D eigenvalue weighted by Gasteiger charge is 2.04. The van der Waals surface area contributed by atoms with Crippen molar-refractivity contribution >= 4 is 25.6 Å². The molecule has 0 atom stereocenters. The van der Waals surface area contributed by atoms with Crippen LogP contribution in [0.2, 0.25) is 18.1 Å². The van der Waals surface area contributed by atoms with Crippen LogP contribution >= 0.6 is 11.6 Å². The highest BCUT2D eigenvalue weighted by Crippen LogP contribution is 2.07. The van der Waals surface area contributed by atoms with Crippen LogP contribution < -0.4 is 5.19 Å². The molecule has 1 aromatic carbocycles. The van der Waals surface area contributed by atoms with E-state index in [1.165, 1.54) is 10.8 Å². The molecule has 1 radical (unpaired) electrons. The molecule has 0 nitrogen and oxygen atoms in total. The van der Waals surface area contributed by atoms with E-state index in [9.17, 15) is 0 Å². The molecule has 0 amide bonds. The van der Waals surface area contributed by atoms with E-state index in [1.54, 1.807) is 0 Å². The van der Waals surface area contributed by atoms with Gasteiger partial charge in [0, 0.05) is 5.02 Å². The predicted molar refractivity (Wildman–Crippen MR) is 53.3 cm³/mol. The first kappa shape index (κ1) is 8.82. The lowest BCUT2D eigenvalue weighted by Crippen LogP contribution is -2.25. The fourth-order valence-electron chi connectivity index (χ4n) is 1.13. The highest BCUT2D eigenvalue weighted by atomic mass is 35.5. The summed E-state index contributed by atoms with van der Waals surface area (Å²) in [6.07, 6.45) is 0. The Hall–Kier alpha value is -0.273. The SMILES string of the molecule is Cc1ccc(Cl)cc1[Si](C)C. The predicted octanol–water partition coefficient (Wildman–Crippen LogP) is 2.61. The number of halogens is 1. The van der Waals surface area contributed by atoms with Crippen molar-refractivity contribution in [3.8, 4) is 0 Å². The molecule has 0 saturated heterocycles. The Morgan fingerprint density at radius 2 is 1.91 bits per heavy atom. The van der Waals surface area contributed by atoms with Crippen LogP contribution in [-0.4, -0.2) is 8.80 Å². The van der Waals surface area contributed by atoms with Crippen LogP contribution in [0.4, 0.5) is 0 Å². The molecule has 0 fully saturated rings. The second-order valence-corrected chi connectivity index (χ2v) is 5.93. The first-order valence-electron chi connectivity index (χ1n) is 3.68. The number of hydrogen-bond acceptors (Lipinski definition) is 0. The van der Waals surface area contributed by atoms with Crippen molar-refractivity contribution in [2.45, 2.75) is 20.0 Å². The lowest BCUT2D eigenvalue weighted by molar-refractivity contribution is 1.51. The van der Waals surface area contributed by atoms with E-state index in [-0.39, 0.29) is 8.80 Å². The topological polar surface area (TPSA) is 0 Å². The van der Waals surface area contributed by atoms with Gasteiger partial charge in [0.25, 0.3) is 0 Å². The van der Waals surface area contributed by atoms with Gasteiger partial charge in [-0.2, -0.15) is 0 Å². The standard InChI is InChI=1S/C9H12ClSi/c1-7-4-5-8(10)6-9(7)11(2)3/h4-6H,1-3H3. The van der Waals surface area contributed by atoms with Gasteiger partial charge in [0.15, 0.2) is 0 Å². The van der Waals surface area contributed by atoms with Crippen molar-refractivity contribution in [2.24, 2.45) is 0 Å². The van der Waals surface area contributed by atoms with Crippen LogP contribution in [0.25, 0.3) is 0 Å². The zero-order chi connectivity index (χ0) is 8.43. The van der Waals surface area contributed by atoms with E-state index in [2.05, 4.69) is 32.2 Å². The molecule has 59 valence electrons. The number of aryl methyl sites for hydroxylation is 1. The molecular formula is C9H12ClSi. The van der Waals surface area contributed by atoms with Crippen LogP contribution in [0.1, 0.15) is 5.56 Å². The van der Waals surface area contributed by atoms with Crippen molar-refractivity contribution in [3.63, 3.8) is 0 Å². The second-order valence-electron chi connectivity index (χ2n) is 2.96. The van der Waals surface area contributed by atoms with Crippen molar-refractivity contribution in [2.75, 3.05) is 0 Å². The second kappa shape index (κ2) is 3.42. The first-order chi connectivity index (χ1) is 5.11. The van der Waals surface area contributed by atoms with Gasteiger partial charge < -0.3 is 0 Å². The monoisotopic (exact) mass is 183 g/mol. The maximum Gasteiger partial charge on any atom is 0.0795 e. The van der Waals surface area contributed by atoms with Gasteiger partial charge in [0.1, 0.15) is 0 Å². The Bertz CT molecular complexity index is 256. The zero-order valence-corrected chi connectivity index (χ0v) is 8.87. The summed E-state index contributed by atoms with van der Waals surface area (Å²) < 4.78 is 0. The molecule has 0 aliphatic carbocycles. The maximum absolute atomic E-state index is 5.88. The molecule has 11 heavy (non-hydrogen) atoms. The summed E-state index contributed by atoms with van der Waals surface area (Å²) in [5.74, 6) is 0. The van der Waals surface area contributed by atoms with Crippen LogP contribution in [0.15, 0.2) is 18.2 Å². The molecule has 0 bridgehead atoms. The van der Waals surface area contributed by atoms with E-state index in [0.29, 0.717) is 0 Å². The van der Waals surface area contributed by atoms with E-state index >= 15 is 0 Å². The Balaban J connectivity index is 3.13. The minimum absolute atomic E-state index is 0.349. The molecule has 0 unspecified atom stereocenters. The summed E-state index contributed by atoms with van der Waals surface area (Å²) in [5, 5.41) is 2.30. The van der Waals surface area contributed by atoms with Gasteiger partial charge in [-0.3, -0.25) is 0 Å². The molecule has 0 spiro atoms. The Kier molecular flexibility index (Phi) is 2.74. The molecule has 0 N–H and O–H groups in total. The quantitative estimate of drug-likeness (QED) is 0.588. The molecule has 1 aromatic rings. The normalized spacial score (nSPS) is 10.6. The summed E-state index contributed by atoms with van der Waals surface area (Å²) >= 11 is 5.88. The maximum atomic E-state index is 5.88. The molecule has 1 rings (SSSR count). The van der Waals surface area contributed by atoms with Crippen LogP contribution in [0.3, 0.4) is 0 Å². The summed E-state index contributed by atoms with van der Waals surface area (Å²) in [6.45, 7) is 6.70. The van der Waals surface area contributed by atoms with E-state index < -0.39 is 0 Å². The minimum Gasteiger partial charge on any atom is -0.0843 e. The van der Waals surface area contributed by atoms with E-state index in [4.69, 9.17) is 11.6 Å². The zero-order valence-electron chi connectivity index (χ0n) is 7.11. The molecule has 2 heteroatoms. The van der Waals surface area contributed by atoms with Gasteiger partial charge in [0.05, 0.1) is 8.80 Å². The third-order valence-corrected chi connectivity index (χ3v) is 3.59. The van der Waals surface area contributed by atoms with Crippen molar-refractivity contribution in [1.82, 2.24) is 0 Å². The molecule has 0 aliphatic rings. The van der Waals surface area contributed by atoms with Gasteiger partial charge >= 0.3 is 0 Å². The molecule has 0 heterocycles. The van der Waals surface area contributed by atoms with Gasteiger partial charge in [-0.1, -0.05) is 41.5 Å². The lowest BCUT2D eigenvalue weighted by atomic mass is 10.2. The van der Waals surface area contributed by atoms with E-state index in [0.717, 1.165) is 5.02 Å². The van der Waals surface area contributed by atoms with Crippen molar-refractivity contribution in [1.29, 1.82) is 0 Å².